The molecule has 0 unspecified atom stereocenters. The summed E-state index contributed by atoms with van der Waals surface area (Å²) in [6.45, 7) is 2.22. The van der Waals surface area contributed by atoms with Gasteiger partial charge in [-0.1, -0.05) is 36.4 Å². The summed E-state index contributed by atoms with van der Waals surface area (Å²) in [6.07, 6.45) is 4.35. The van der Waals surface area contributed by atoms with Crippen LogP contribution >= 0.6 is 0 Å². The summed E-state index contributed by atoms with van der Waals surface area (Å²) in [7, 11) is -1.78. The van der Waals surface area contributed by atoms with Gasteiger partial charge in [0, 0.05) is 32.2 Å². The molecule has 2 amide bonds. The standard InChI is InChI=1S/C25H36N4O6S/c1-27-13-5-8-22(27)18-35-24(31)28-16-11-25(12-17-28,23(30)26-32)19-36(33,34)29-14-9-21(10-15-29)20-6-3-2-4-7-20/h2-4,6-7,9,22,32H,5,8,10-19H2,1H3,(H,26,30)/t22-/m0/s1. The van der Waals surface area contributed by atoms with Crippen LogP contribution in [0.1, 0.15) is 37.7 Å². The van der Waals surface area contributed by atoms with Gasteiger partial charge in [0.25, 0.3) is 5.91 Å². The molecule has 4 rings (SSSR count). The normalized spacial score (nSPS) is 23.2. The van der Waals surface area contributed by atoms with E-state index in [9.17, 15) is 23.2 Å². The van der Waals surface area contributed by atoms with E-state index in [1.165, 1.54) is 9.21 Å². The molecule has 1 aromatic rings. The summed E-state index contributed by atoms with van der Waals surface area (Å²) in [5.41, 5.74) is 2.52. The largest absolute Gasteiger partial charge is 0.448 e. The molecule has 2 N–H and O–H groups in total. The molecule has 10 nitrogen and oxygen atoms in total. The van der Waals surface area contributed by atoms with Gasteiger partial charge in [0.05, 0.1) is 11.2 Å². The summed E-state index contributed by atoms with van der Waals surface area (Å²) >= 11 is 0. The second-order valence-corrected chi connectivity index (χ2v) is 12.0. The summed E-state index contributed by atoms with van der Waals surface area (Å²) in [6, 6.07) is 10.1. The Labute approximate surface area is 212 Å². The highest BCUT2D eigenvalue weighted by atomic mass is 32.2. The minimum absolute atomic E-state index is 0.121. The number of sulfonamides is 1. The molecule has 0 radical (unpaired) electrons. The second kappa shape index (κ2) is 11.3. The zero-order chi connectivity index (χ0) is 25.8. The van der Waals surface area contributed by atoms with E-state index in [0.717, 1.165) is 30.5 Å². The zero-order valence-corrected chi connectivity index (χ0v) is 21.6. The summed E-state index contributed by atoms with van der Waals surface area (Å²) in [5, 5.41) is 9.40. The third-order valence-electron chi connectivity index (χ3n) is 7.80. The lowest BCUT2D eigenvalue weighted by Gasteiger charge is -2.40. The molecule has 2 fully saturated rings. The van der Waals surface area contributed by atoms with Crippen LogP contribution in [-0.2, 0) is 19.6 Å². The van der Waals surface area contributed by atoms with Crippen LogP contribution in [0.5, 0.6) is 0 Å². The van der Waals surface area contributed by atoms with Gasteiger partial charge >= 0.3 is 6.09 Å². The van der Waals surface area contributed by atoms with Crippen LogP contribution in [-0.4, -0.2) is 97.9 Å². The van der Waals surface area contributed by atoms with Gasteiger partial charge in [-0.2, -0.15) is 4.31 Å². The highest BCUT2D eigenvalue weighted by Crippen LogP contribution is 2.35. The Bertz CT molecular complexity index is 1070. The average molecular weight is 521 g/mol. The number of hydrogen-bond donors (Lipinski definition) is 2. The lowest BCUT2D eigenvalue weighted by molar-refractivity contribution is -0.141. The van der Waals surface area contributed by atoms with Crippen molar-refractivity contribution in [2.75, 3.05) is 52.1 Å². The van der Waals surface area contributed by atoms with E-state index < -0.39 is 33.2 Å². The van der Waals surface area contributed by atoms with Crippen molar-refractivity contribution in [1.82, 2.24) is 19.6 Å². The quantitative estimate of drug-likeness (QED) is 0.416. The van der Waals surface area contributed by atoms with E-state index in [2.05, 4.69) is 4.90 Å². The molecule has 3 aliphatic rings. The molecule has 0 saturated carbocycles. The first kappa shape index (κ1) is 26.6. The molecule has 0 aliphatic carbocycles. The van der Waals surface area contributed by atoms with Crippen LogP contribution in [0.3, 0.4) is 0 Å². The van der Waals surface area contributed by atoms with Crippen molar-refractivity contribution < 1.29 is 28.0 Å². The lowest BCUT2D eigenvalue weighted by Crippen LogP contribution is -2.54. The Morgan fingerprint density at radius 2 is 1.86 bits per heavy atom. The van der Waals surface area contributed by atoms with Gasteiger partial charge in [0.2, 0.25) is 10.0 Å². The van der Waals surface area contributed by atoms with E-state index in [0.29, 0.717) is 19.6 Å². The van der Waals surface area contributed by atoms with Crippen LogP contribution in [0.25, 0.3) is 5.57 Å². The van der Waals surface area contributed by atoms with Gasteiger partial charge < -0.3 is 14.5 Å². The van der Waals surface area contributed by atoms with Crippen molar-refractivity contribution in [2.45, 2.75) is 38.1 Å². The number of rotatable bonds is 7. The van der Waals surface area contributed by atoms with Gasteiger partial charge in [0.1, 0.15) is 6.61 Å². The number of nitrogens with one attached hydrogen (secondary N) is 1. The summed E-state index contributed by atoms with van der Waals surface area (Å²) in [5.74, 6) is -1.15. The highest BCUT2D eigenvalue weighted by Gasteiger charge is 2.47. The molecule has 198 valence electrons. The highest BCUT2D eigenvalue weighted by molar-refractivity contribution is 7.89. The first-order chi connectivity index (χ1) is 17.2. The number of amides is 2. The van der Waals surface area contributed by atoms with Crippen molar-refractivity contribution in [1.29, 1.82) is 0 Å². The van der Waals surface area contributed by atoms with Crippen molar-refractivity contribution in [3.8, 4) is 0 Å². The molecule has 0 aromatic heterocycles. The van der Waals surface area contributed by atoms with Gasteiger partial charge in [-0.15, -0.1) is 0 Å². The Morgan fingerprint density at radius 3 is 2.44 bits per heavy atom. The van der Waals surface area contributed by atoms with Crippen molar-refractivity contribution in [2.24, 2.45) is 5.41 Å². The Kier molecular flexibility index (Phi) is 8.34. The van der Waals surface area contributed by atoms with Crippen LogP contribution in [0.4, 0.5) is 4.79 Å². The number of hydrogen-bond acceptors (Lipinski definition) is 7. The van der Waals surface area contributed by atoms with Gasteiger partial charge in [-0.05, 0) is 56.8 Å². The monoisotopic (exact) mass is 520 g/mol. The Morgan fingerprint density at radius 1 is 1.14 bits per heavy atom. The molecule has 1 atom stereocenters. The van der Waals surface area contributed by atoms with Gasteiger partial charge in [0.15, 0.2) is 0 Å². The second-order valence-electron chi connectivity index (χ2n) is 10.0. The van der Waals surface area contributed by atoms with Crippen LogP contribution in [0, 0.1) is 5.41 Å². The number of likely N-dealkylation sites (N-methyl/N-ethyl adjacent to an activating group) is 1. The fourth-order valence-electron chi connectivity index (χ4n) is 5.38. The maximum absolute atomic E-state index is 13.3. The molecule has 11 heteroatoms. The predicted octanol–water partition coefficient (Wildman–Crippen LogP) is 1.92. The fourth-order valence-corrected chi connectivity index (χ4v) is 7.35. The number of benzene rings is 1. The summed E-state index contributed by atoms with van der Waals surface area (Å²) < 4.78 is 33.6. The molecule has 0 spiro atoms. The Balaban J connectivity index is 1.37. The molecule has 36 heavy (non-hydrogen) atoms. The van der Waals surface area contributed by atoms with Gasteiger partial charge in [-0.3, -0.25) is 10.0 Å². The molecular weight excluding hydrogens is 484 g/mol. The van der Waals surface area contributed by atoms with Crippen LogP contribution in [0.15, 0.2) is 36.4 Å². The molecular formula is C25H36N4O6S. The van der Waals surface area contributed by atoms with Gasteiger partial charge in [-0.25, -0.2) is 18.7 Å². The molecule has 3 heterocycles. The SMILES string of the molecule is CN1CCC[C@H]1COC(=O)N1CCC(CS(=O)(=O)N2CC=C(c3ccccc3)CC2)(C(=O)NO)CC1. The smallest absolute Gasteiger partial charge is 0.409 e. The number of carbonyl (C=O) groups is 2. The molecule has 3 aliphatic heterocycles. The minimum atomic E-state index is -3.79. The number of likely N-dealkylation sites (tertiary alicyclic amines) is 2. The summed E-state index contributed by atoms with van der Waals surface area (Å²) in [4.78, 5) is 29.0. The molecule has 0 bridgehead atoms. The number of carbonyl (C=O) groups excluding carboxylic acids is 2. The maximum Gasteiger partial charge on any atom is 0.409 e. The topological polar surface area (TPSA) is 119 Å². The minimum Gasteiger partial charge on any atom is -0.448 e. The van der Waals surface area contributed by atoms with E-state index >= 15 is 0 Å². The predicted molar refractivity (Wildman–Crippen MR) is 135 cm³/mol. The number of nitrogens with zero attached hydrogens (tertiary/aromatic N) is 3. The lowest BCUT2D eigenvalue weighted by atomic mass is 9.79. The number of ether oxygens (including phenoxy) is 1. The fraction of sp³-hybridized carbons (Fsp3) is 0.600. The molecule has 1 aromatic carbocycles. The van der Waals surface area contributed by atoms with Crippen molar-refractivity contribution in [3.63, 3.8) is 0 Å². The first-order valence-electron chi connectivity index (χ1n) is 12.5. The van der Waals surface area contributed by atoms with Crippen LogP contribution < -0.4 is 5.48 Å². The third kappa shape index (κ3) is 5.91. The average Bonchev–Trinajstić information content (AvgIpc) is 3.32. The van der Waals surface area contributed by atoms with E-state index in [4.69, 9.17) is 4.74 Å². The van der Waals surface area contributed by atoms with E-state index in [1.807, 2.05) is 43.5 Å². The van der Waals surface area contributed by atoms with Crippen molar-refractivity contribution in [3.05, 3.63) is 42.0 Å². The maximum atomic E-state index is 13.3. The van der Waals surface area contributed by atoms with E-state index in [1.54, 1.807) is 5.48 Å². The third-order valence-corrected chi connectivity index (χ3v) is 9.84. The van der Waals surface area contributed by atoms with Crippen LogP contribution in [0.2, 0.25) is 0 Å². The number of hydroxylamine groups is 1. The Hall–Kier alpha value is -2.47. The van der Waals surface area contributed by atoms with Crippen molar-refractivity contribution >= 4 is 27.6 Å². The van der Waals surface area contributed by atoms with E-state index in [-0.39, 0.29) is 38.5 Å². The zero-order valence-electron chi connectivity index (χ0n) is 20.8. The number of piperidine rings is 1. The molecule has 2 saturated heterocycles. The first-order valence-corrected chi connectivity index (χ1v) is 14.1.